The summed E-state index contributed by atoms with van der Waals surface area (Å²) in [4.78, 5) is 31.2. The zero-order valence-corrected chi connectivity index (χ0v) is 22.9. The Bertz CT molecular complexity index is 1160. The standard InChI is InChI=1S/C28H40N6O4/c1-18-5-6-20(23(13-18)32-9-11-38-12-10-32)15-29-26(36)24-14-21(35)16-33(24)27(37)25(28(2,3)4)34-17-22(30-31-34)19-7-8-19/h5-6,13,17,19,21,24-25,35H,7-12,14-16H2,1-4H3,(H,29,36)/t21?,24?,25-/m1/s1. The van der Waals surface area contributed by atoms with Gasteiger partial charge in [0, 0.05) is 50.4 Å². The van der Waals surface area contributed by atoms with Gasteiger partial charge in [-0.05, 0) is 42.4 Å². The Balaban J connectivity index is 1.32. The third-order valence-corrected chi connectivity index (χ3v) is 7.75. The summed E-state index contributed by atoms with van der Waals surface area (Å²) in [6.07, 6.45) is 3.53. The van der Waals surface area contributed by atoms with Gasteiger partial charge in [0.05, 0.1) is 25.0 Å². The molecule has 5 rings (SSSR count). The minimum Gasteiger partial charge on any atom is -0.391 e. The maximum Gasteiger partial charge on any atom is 0.248 e. The Morgan fingerprint density at radius 2 is 1.95 bits per heavy atom. The number of anilines is 1. The summed E-state index contributed by atoms with van der Waals surface area (Å²) in [7, 11) is 0. The molecule has 2 amide bonds. The van der Waals surface area contributed by atoms with Crippen LogP contribution in [0.2, 0.25) is 0 Å². The second kappa shape index (κ2) is 10.6. The molecule has 2 N–H and O–H groups in total. The first-order chi connectivity index (χ1) is 18.1. The molecular formula is C28H40N6O4. The fraction of sp³-hybridized carbons (Fsp3) is 0.643. The number of aryl methyl sites for hydroxylation is 1. The van der Waals surface area contributed by atoms with Crippen LogP contribution < -0.4 is 10.2 Å². The second-order valence-electron chi connectivity index (χ2n) is 12.0. The number of hydrogen-bond acceptors (Lipinski definition) is 7. The van der Waals surface area contributed by atoms with Gasteiger partial charge < -0.3 is 25.0 Å². The van der Waals surface area contributed by atoms with Gasteiger partial charge in [0.1, 0.15) is 12.1 Å². The molecule has 0 spiro atoms. The van der Waals surface area contributed by atoms with Crippen LogP contribution in [-0.2, 0) is 20.9 Å². The monoisotopic (exact) mass is 524 g/mol. The summed E-state index contributed by atoms with van der Waals surface area (Å²) in [6.45, 7) is 11.5. The Labute approximate surface area is 224 Å². The number of hydrogen-bond donors (Lipinski definition) is 2. The number of β-amino-alcohol motifs (C(OH)–C–C–N with tert-alkyl or cyclic N) is 1. The van der Waals surface area contributed by atoms with E-state index in [2.05, 4.69) is 33.5 Å². The van der Waals surface area contributed by atoms with Crippen LogP contribution in [0.25, 0.3) is 0 Å². The number of morpholine rings is 1. The molecule has 1 aromatic heterocycles. The van der Waals surface area contributed by atoms with Gasteiger partial charge in [0.15, 0.2) is 0 Å². The fourth-order valence-electron chi connectivity index (χ4n) is 5.55. The molecule has 3 heterocycles. The molecule has 3 atom stereocenters. The van der Waals surface area contributed by atoms with Crippen LogP contribution in [0.1, 0.15) is 68.8 Å². The first-order valence-electron chi connectivity index (χ1n) is 13.7. The van der Waals surface area contributed by atoms with Crippen LogP contribution in [0.4, 0.5) is 5.69 Å². The molecule has 10 heteroatoms. The van der Waals surface area contributed by atoms with Crippen molar-refractivity contribution in [2.45, 2.75) is 77.6 Å². The van der Waals surface area contributed by atoms with Gasteiger partial charge in [-0.25, -0.2) is 4.68 Å². The van der Waals surface area contributed by atoms with Crippen molar-refractivity contribution in [2.75, 3.05) is 37.7 Å². The Morgan fingerprint density at radius 3 is 2.63 bits per heavy atom. The van der Waals surface area contributed by atoms with Crippen LogP contribution in [0.3, 0.4) is 0 Å². The number of aromatic nitrogens is 3. The lowest BCUT2D eigenvalue weighted by Crippen LogP contribution is -2.50. The molecule has 2 aromatic rings. The van der Waals surface area contributed by atoms with Crippen LogP contribution in [0, 0.1) is 12.3 Å². The zero-order chi connectivity index (χ0) is 27.0. The highest BCUT2D eigenvalue weighted by Gasteiger charge is 2.45. The molecule has 10 nitrogen and oxygen atoms in total. The maximum atomic E-state index is 13.9. The van der Waals surface area contributed by atoms with Crippen molar-refractivity contribution >= 4 is 17.5 Å². The molecule has 1 aromatic carbocycles. The predicted molar refractivity (Wildman–Crippen MR) is 143 cm³/mol. The number of likely N-dealkylation sites (tertiary alicyclic amines) is 1. The summed E-state index contributed by atoms with van der Waals surface area (Å²) in [5, 5.41) is 22.2. The number of carbonyl (C=O) groups is 2. The summed E-state index contributed by atoms with van der Waals surface area (Å²) in [5.74, 6) is -0.0464. The molecule has 2 unspecified atom stereocenters. The van der Waals surface area contributed by atoms with Crippen molar-refractivity contribution in [3.05, 3.63) is 41.2 Å². The highest BCUT2D eigenvalue weighted by Crippen LogP contribution is 2.40. The van der Waals surface area contributed by atoms with Crippen LogP contribution in [-0.4, -0.2) is 81.8 Å². The molecule has 2 saturated heterocycles. The van der Waals surface area contributed by atoms with Crippen molar-refractivity contribution in [3.63, 3.8) is 0 Å². The van der Waals surface area contributed by atoms with Gasteiger partial charge in [0.2, 0.25) is 11.8 Å². The van der Waals surface area contributed by atoms with Gasteiger partial charge in [0.25, 0.3) is 0 Å². The molecule has 1 aliphatic carbocycles. The predicted octanol–water partition coefficient (Wildman–Crippen LogP) is 2.17. The molecule has 206 valence electrons. The molecule has 1 saturated carbocycles. The number of benzene rings is 1. The van der Waals surface area contributed by atoms with Gasteiger partial charge >= 0.3 is 0 Å². The largest absolute Gasteiger partial charge is 0.391 e. The lowest BCUT2D eigenvalue weighted by Gasteiger charge is -2.34. The average molecular weight is 525 g/mol. The summed E-state index contributed by atoms with van der Waals surface area (Å²) < 4.78 is 7.16. The summed E-state index contributed by atoms with van der Waals surface area (Å²) in [6, 6.07) is 4.86. The topological polar surface area (TPSA) is 113 Å². The number of aliphatic hydroxyl groups excluding tert-OH is 1. The Morgan fingerprint density at radius 1 is 1.21 bits per heavy atom. The first kappa shape index (κ1) is 26.6. The van der Waals surface area contributed by atoms with Crippen molar-refractivity contribution in [1.82, 2.24) is 25.2 Å². The number of nitrogens with one attached hydrogen (secondary N) is 1. The lowest BCUT2D eigenvalue weighted by molar-refractivity contribution is -0.144. The minimum atomic E-state index is -0.753. The van der Waals surface area contributed by atoms with Crippen LogP contribution in [0.15, 0.2) is 24.4 Å². The van der Waals surface area contributed by atoms with Gasteiger partial charge in [-0.3, -0.25) is 9.59 Å². The van der Waals surface area contributed by atoms with Crippen molar-refractivity contribution < 1.29 is 19.4 Å². The van der Waals surface area contributed by atoms with Crippen LogP contribution in [0.5, 0.6) is 0 Å². The third-order valence-electron chi connectivity index (χ3n) is 7.75. The SMILES string of the molecule is Cc1ccc(CNC(=O)C2CC(O)CN2C(=O)[C@@H](n2cc(C3CC3)nn2)C(C)(C)C)c(N2CCOCC2)c1. The summed E-state index contributed by atoms with van der Waals surface area (Å²) >= 11 is 0. The normalized spacial score (nSPS) is 23.0. The van der Waals surface area contributed by atoms with E-state index in [9.17, 15) is 14.7 Å². The quantitative estimate of drug-likeness (QED) is 0.571. The van der Waals surface area contributed by atoms with E-state index in [0.29, 0.717) is 25.7 Å². The number of carbonyl (C=O) groups excluding carboxylic acids is 2. The zero-order valence-electron chi connectivity index (χ0n) is 22.9. The van der Waals surface area contributed by atoms with Crippen LogP contribution >= 0.6 is 0 Å². The fourth-order valence-corrected chi connectivity index (χ4v) is 5.55. The molecular weight excluding hydrogens is 484 g/mol. The lowest BCUT2D eigenvalue weighted by atomic mass is 9.85. The van der Waals surface area contributed by atoms with E-state index >= 15 is 0 Å². The number of rotatable bonds is 7. The Kier molecular flexibility index (Phi) is 7.46. The van der Waals surface area contributed by atoms with Gasteiger partial charge in [-0.15, -0.1) is 5.10 Å². The molecule has 0 bridgehead atoms. The Hall–Kier alpha value is -2.98. The molecule has 38 heavy (non-hydrogen) atoms. The second-order valence-corrected chi connectivity index (χ2v) is 12.0. The molecule has 2 aliphatic heterocycles. The van der Waals surface area contributed by atoms with Gasteiger partial charge in [-0.2, -0.15) is 0 Å². The van der Waals surface area contributed by atoms with Crippen molar-refractivity contribution in [3.8, 4) is 0 Å². The smallest absolute Gasteiger partial charge is 0.248 e. The van der Waals surface area contributed by atoms with E-state index in [4.69, 9.17) is 4.74 Å². The molecule has 3 aliphatic rings. The van der Waals surface area contributed by atoms with Crippen molar-refractivity contribution in [1.29, 1.82) is 0 Å². The van der Waals surface area contributed by atoms with E-state index < -0.39 is 23.6 Å². The highest BCUT2D eigenvalue weighted by molar-refractivity contribution is 5.90. The number of ether oxygens (including phenoxy) is 1. The first-order valence-corrected chi connectivity index (χ1v) is 13.7. The average Bonchev–Trinajstić information content (AvgIpc) is 3.49. The number of amides is 2. The molecule has 3 fully saturated rings. The van der Waals surface area contributed by atoms with E-state index in [1.54, 1.807) is 4.68 Å². The molecule has 0 radical (unpaired) electrons. The van der Waals surface area contributed by atoms with E-state index in [0.717, 1.165) is 48.4 Å². The van der Waals surface area contributed by atoms with Gasteiger partial charge in [-0.1, -0.05) is 38.1 Å². The number of nitrogens with zero attached hydrogens (tertiary/aromatic N) is 5. The summed E-state index contributed by atoms with van der Waals surface area (Å²) in [5.41, 5.74) is 3.72. The number of aliphatic hydroxyl groups is 1. The van der Waals surface area contributed by atoms with Crippen molar-refractivity contribution in [2.24, 2.45) is 5.41 Å². The van der Waals surface area contributed by atoms with E-state index in [-0.39, 0.29) is 24.8 Å². The van der Waals surface area contributed by atoms with E-state index in [1.807, 2.05) is 39.1 Å². The maximum absolute atomic E-state index is 13.9. The van der Waals surface area contributed by atoms with E-state index in [1.165, 1.54) is 4.90 Å². The minimum absolute atomic E-state index is 0.122. The highest BCUT2D eigenvalue weighted by atomic mass is 16.5. The third kappa shape index (κ3) is 5.71.